The Balaban J connectivity index is 3.55. The van der Waals surface area contributed by atoms with Crippen molar-refractivity contribution in [2.24, 2.45) is 5.73 Å². The van der Waals surface area contributed by atoms with E-state index in [-0.39, 0.29) is 11.6 Å². The molecule has 0 fully saturated rings. The molecule has 0 aliphatic heterocycles. The summed E-state index contributed by atoms with van der Waals surface area (Å²) in [5.41, 5.74) is 5.61. The van der Waals surface area contributed by atoms with Gasteiger partial charge in [0.15, 0.2) is 0 Å². The van der Waals surface area contributed by atoms with E-state index in [4.69, 9.17) is 15.2 Å². The molecule has 0 aromatic rings. The molecule has 0 bridgehead atoms. The fourth-order valence-electron chi connectivity index (χ4n) is 1.10. The van der Waals surface area contributed by atoms with Crippen LogP contribution in [0, 0.1) is 0 Å². The molecule has 0 aromatic carbocycles. The van der Waals surface area contributed by atoms with Crippen LogP contribution in [0.25, 0.3) is 0 Å². The van der Waals surface area contributed by atoms with Crippen molar-refractivity contribution in [2.45, 2.75) is 45.3 Å². The van der Waals surface area contributed by atoms with Gasteiger partial charge in [-0.3, -0.25) is 4.79 Å². The summed E-state index contributed by atoms with van der Waals surface area (Å²) in [5, 5.41) is 0. The predicted octanol–water partition coefficient (Wildman–Crippen LogP) is 1.82. The fourth-order valence-corrected chi connectivity index (χ4v) is 2.36. The third kappa shape index (κ3) is 8.46. The van der Waals surface area contributed by atoms with Crippen LogP contribution in [0.3, 0.4) is 0 Å². The highest BCUT2D eigenvalue weighted by Gasteiger charge is 2.16. The molecule has 0 aliphatic rings. The lowest BCUT2D eigenvalue weighted by Gasteiger charge is -2.22. The van der Waals surface area contributed by atoms with Gasteiger partial charge in [0.25, 0.3) is 0 Å². The minimum atomic E-state index is -0.488. The summed E-state index contributed by atoms with van der Waals surface area (Å²) >= 11 is 1.79. The number of ether oxygens (including phenoxy) is 2. The molecule has 17 heavy (non-hydrogen) atoms. The van der Waals surface area contributed by atoms with Crippen LogP contribution in [0.5, 0.6) is 0 Å². The van der Waals surface area contributed by atoms with Crippen molar-refractivity contribution in [3.05, 3.63) is 0 Å². The maximum absolute atomic E-state index is 11.2. The van der Waals surface area contributed by atoms with Crippen molar-refractivity contribution >= 4 is 17.7 Å². The van der Waals surface area contributed by atoms with Crippen LogP contribution in [0.2, 0.25) is 0 Å². The molecule has 0 aliphatic carbocycles. The molecule has 0 saturated heterocycles. The van der Waals surface area contributed by atoms with Crippen molar-refractivity contribution in [3.8, 4) is 0 Å². The zero-order valence-electron chi connectivity index (χ0n) is 11.3. The van der Waals surface area contributed by atoms with E-state index < -0.39 is 6.04 Å². The van der Waals surface area contributed by atoms with Gasteiger partial charge in [0.1, 0.15) is 6.04 Å². The topological polar surface area (TPSA) is 61.5 Å². The van der Waals surface area contributed by atoms with Crippen LogP contribution < -0.4 is 5.73 Å². The monoisotopic (exact) mass is 263 g/mol. The highest BCUT2D eigenvalue weighted by Crippen LogP contribution is 2.17. The summed E-state index contributed by atoms with van der Waals surface area (Å²) in [6, 6.07) is -0.488. The number of carbonyl (C=O) groups excluding carboxylic acids is 1. The van der Waals surface area contributed by atoms with Crippen molar-refractivity contribution in [3.63, 3.8) is 0 Å². The van der Waals surface area contributed by atoms with Gasteiger partial charge in [-0.2, -0.15) is 11.8 Å². The molecule has 1 atom stereocenters. The molecule has 0 amide bonds. The number of hydrogen-bond acceptors (Lipinski definition) is 5. The van der Waals surface area contributed by atoms with Gasteiger partial charge in [0.05, 0.1) is 12.2 Å². The molecular weight excluding hydrogens is 238 g/mol. The number of thioether (sulfide) groups is 1. The number of methoxy groups -OCH3 is 1. The zero-order valence-corrected chi connectivity index (χ0v) is 12.1. The van der Waals surface area contributed by atoms with E-state index in [1.54, 1.807) is 25.8 Å². The van der Waals surface area contributed by atoms with Crippen molar-refractivity contribution in [1.29, 1.82) is 0 Å². The van der Waals surface area contributed by atoms with Crippen molar-refractivity contribution < 1.29 is 14.3 Å². The van der Waals surface area contributed by atoms with Crippen LogP contribution >= 0.6 is 11.8 Å². The van der Waals surface area contributed by atoms with Crippen molar-refractivity contribution in [2.75, 3.05) is 25.2 Å². The van der Waals surface area contributed by atoms with Crippen LogP contribution in [0.4, 0.5) is 0 Å². The molecular formula is C12H25NO3S. The van der Waals surface area contributed by atoms with Crippen molar-refractivity contribution in [1.82, 2.24) is 0 Å². The maximum Gasteiger partial charge on any atom is 0.322 e. The van der Waals surface area contributed by atoms with Gasteiger partial charge in [0, 0.05) is 7.11 Å². The normalized spacial score (nSPS) is 13.5. The minimum absolute atomic E-state index is 0.0732. The third-order valence-electron chi connectivity index (χ3n) is 2.56. The predicted molar refractivity (Wildman–Crippen MR) is 72.3 cm³/mol. The lowest BCUT2D eigenvalue weighted by Crippen LogP contribution is -2.32. The number of nitrogens with two attached hydrogens (primary N) is 1. The standard InChI is InChI=1S/C12H25NO3S/c1-5-16-11(14)10(13)6-8-17-9-7-12(2,3)15-4/h10H,5-9,13H2,1-4H3. The van der Waals surface area contributed by atoms with Crippen LogP contribution in [0.15, 0.2) is 0 Å². The number of rotatable bonds is 9. The Kier molecular flexibility index (Phi) is 8.64. The molecule has 1 unspecified atom stereocenters. The summed E-state index contributed by atoms with van der Waals surface area (Å²) in [5.74, 6) is 1.58. The van der Waals surface area contributed by atoms with E-state index in [9.17, 15) is 4.79 Å². The van der Waals surface area contributed by atoms with Gasteiger partial charge in [0.2, 0.25) is 0 Å². The van der Waals surface area contributed by atoms with Crippen LogP contribution in [-0.2, 0) is 14.3 Å². The summed E-state index contributed by atoms with van der Waals surface area (Å²) in [6.07, 6.45) is 1.65. The Hall–Kier alpha value is -0.260. The van der Waals surface area contributed by atoms with Gasteiger partial charge in [-0.25, -0.2) is 0 Å². The number of esters is 1. The molecule has 0 radical (unpaired) electrons. The van der Waals surface area contributed by atoms with Gasteiger partial charge in [-0.15, -0.1) is 0 Å². The lowest BCUT2D eigenvalue weighted by atomic mass is 10.1. The zero-order chi connectivity index (χ0) is 13.3. The highest BCUT2D eigenvalue weighted by atomic mass is 32.2. The van der Waals surface area contributed by atoms with E-state index in [0.29, 0.717) is 13.0 Å². The number of hydrogen-bond donors (Lipinski definition) is 1. The Morgan fingerprint density at radius 3 is 2.59 bits per heavy atom. The second-order valence-electron chi connectivity index (χ2n) is 4.47. The summed E-state index contributed by atoms with van der Waals surface area (Å²) in [6.45, 7) is 6.31. The van der Waals surface area contributed by atoms with Gasteiger partial charge >= 0.3 is 5.97 Å². The molecule has 5 heteroatoms. The highest BCUT2D eigenvalue weighted by molar-refractivity contribution is 7.99. The minimum Gasteiger partial charge on any atom is -0.465 e. The first kappa shape index (κ1) is 16.7. The summed E-state index contributed by atoms with van der Waals surface area (Å²) < 4.78 is 10.2. The molecule has 2 N–H and O–H groups in total. The smallest absolute Gasteiger partial charge is 0.322 e. The average Bonchev–Trinajstić information content (AvgIpc) is 2.28. The first-order valence-corrected chi connectivity index (χ1v) is 7.13. The van der Waals surface area contributed by atoms with Gasteiger partial charge in [-0.05, 0) is 45.1 Å². The molecule has 0 aromatic heterocycles. The quantitative estimate of drug-likeness (QED) is 0.508. The SMILES string of the molecule is CCOC(=O)C(N)CCSCCC(C)(C)OC. The average molecular weight is 263 g/mol. The van der Waals surface area contributed by atoms with E-state index in [2.05, 4.69) is 13.8 Å². The first-order valence-electron chi connectivity index (χ1n) is 5.98. The number of carbonyl (C=O) groups is 1. The fraction of sp³-hybridized carbons (Fsp3) is 0.917. The van der Waals surface area contributed by atoms with E-state index in [1.807, 2.05) is 0 Å². The Morgan fingerprint density at radius 2 is 2.06 bits per heavy atom. The van der Waals surface area contributed by atoms with Crippen LogP contribution in [0.1, 0.15) is 33.6 Å². The molecule has 4 nitrogen and oxygen atoms in total. The lowest BCUT2D eigenvalue weighted by molar-refractivity contribution is -0.144. The Morgan fingerprint density at radius 1 is 1.41 bits per heavy atom. The first-order chi connectivity index (χ1) is 7.93. The van der Waals surface area contributed by atoms with Gasteiger partial charge in [-0.1, -0.05) is 0 Å². The van der Waals surface area contributed by atoms with E-state index >= 15 is 0 Å². The molecule has 0 saturated carbocycles. The third-order valence-corrected chi connectivity index (χ3v) is 3.58. The summed E-state index contributed by atoms with van der Waals surface area (Å²) in [7, 11) is 1.72. The molecule has 0 heterocycles. The van der Waals surface area contributed by atoms with Crippen LogP contribution in [-0.4, -0.2) is 42.8 Å². The van der Waals surface area contributed by atoms with E-state index in [0.717, 1.165) is 17.9 Å². The largest absolute Gasteiger partial charge is 0.465 e. The van der Waals surface area contributed by atoms with E-state index in [1.165, 1.54) is 0 Å². The summed E-state index contributed by atoms with van der Waals surface area (Å²) in [4.78, 5) is 11.2. The maximum atomic E-state index is 11.2. The second-order valence-corrected chi connectivity index (χ2v) is 5.70. The molecule has 102 valence electrons. The van der Waals surface area contributed by atoms with Gasteiger partial charge < -0.3 is 15.2 Å². The Bertz CT molecular complexity index is 222. The second kappa shape index (κ2) is 8.78. The molecule has 0 rings (SSSR count). The molecule has 0 spiro atoms. The Labute approximate surface area is 109 Å².